The fraction of sp³-hybridized carbons (Fsp3) is 0.273. The van der Waals surface area contributed by atoms with E-state index in [0.717, 1.165) is 12.8 Å². The molecular weight excluding hydrogens is 424 g/mol. The van der Waals surface area contributed by atoms with E-state index in [2.05, 4.69) is 0 Å². The van der Waals surface area contributed by atoms with Crippen molar-refractivity contribution in [3.63, 3.8) is 0 Å². The number of carbonyl (C=O) groups excluding carboxylic acids is 2. The molecule has 1 N–H and O–H groups in total. The fourth-order valence-corrected chi connectivity index (χ4v) is 4.12. The second-order valence-corrected chi connectivity index (χ2v) is 7.88. The molecule has 2 aromatic carbocycles. The van der Waals surface area contributed by atoms with Crippen LogP contribution in [0.2, 0.25) is 5.02 Å². The molecule has 2 aliphatic heterocycles. The van der Waals surface area contributed by atoms with Gasteiger partial charge in [0, 0.05) is 35.9 Å². The summed E-state index contributed by atoms with van der Waals surface area (Å²) in [4.78, 5) is 38.0. The zero-order valence-electron chi connectivity index (χ0n) is 16.4. The van der Waals surface area contributed by atoms with Crippen molar-refractivity contribution in [2.45, 2.75) is 25.0 Å². The smallest absolute Gasteiger partial charge is 0.295 e. The lowest BCUT2D eigenvalue weighted by molar-refractivity contribution is -0.384. The van der Waals surface area contributed by atoms with Crippen LogP contribution in [-0.2, 0) is 14.3 Å². The Bertz CT molecular complexity index is 1080. The number of benzene rings is 2. The average molecular weight is 443 g/mol. The number of nitro benzene ring substituents is 1. The number of Topliss-reactive ketones (excluding diaryl/α,β-unsaturated/α-hetero) is 1. The first-order valence-electron chi connectivity index (χ1n) is 9.77. The monoisotopic (exact) mass is 442 g/mol. The van der Waals surface area contributed by atoms with Crippen LogP contribution in [0.15, 0.2) is 54.1 Å². The van der Waals surface area contributed by atoms with Crippen LogP contribution >= 0.6 is 11.6 Å². The SMILES string of the molecule is O=C1C(=O)N(C[C@H]2CCCO2)[C@@H](c2cccc([N+](=O)[O-])c2)/C1=C(\O)c1ccc(Cl)cc1. The molecule has 0 aliphatic carbocycles. The molecule has 2 aliphatic rings. The average Bonchev–Trinajstić information content (AvgIpc) is 3.36. The van der Waals surface area contributed by atoms with E-state index in [-0.39, 0.29) is 29.7 Å². The molecule has 4 rings (SSSR count). The molecule has 0 unspecified atom stereocenters. The highest BCUT2D eigenvalue weighted by atomic mass is 35.5. The van der Waals surface area contributed by atoms with Gasteiger partial charge < -0.3 is 14.7 Å². The Morgan fingerprint density at radius 2 is 1.97 bits per heavy atom. The number of ether oxygens (including phenoxy) is 1. The summed E-state index contributed by atoms with van der Waals surface area (Å²) in [5, 5.41) is 22.7. The van der Waals surface area contributed by atoms with Gasteiger partial charge in [-0.1, -0.05) is 23.7 Å². The topological polar surface area (TPSA) is 110 Å². The van der Waals surface area contributed by atoms with Gasteiger partial charge >= 0.3 is 0 Å². The van der Waals surface area contributed by atoms with Gasteiger partial charge in [0.05, 0.1) is 22.6 Å². The second kappa shape index (κ2) is 8.49. The van der Waals surface area contributed by atoms with Crippen LogP contribution in [0.1, 0.15) is 30.0 Å². The molecule has 2 fully saturated rings. The molecule has 1 amide bonds. The number of non-ortho nitro benzene ring substituents is 1. The zero-order chi connectivity index (χ0) is 22.1. The summed E-state index contributed by atoms with van der Waals surface area (Å²) < 4.78 is 5.63. The molecule has 0 aromatic heterocycles. The third kappa shape index (κ3) is 4.04. The normalized spacial score (nSPS) is 22.8. The molecule has 2 saturated heterocycles. The van der Waals surface area contributed by atoms with E-state index in [1.54, 1.807) is 18.2 Å². The van der Waals surface area contributed by atoms with Crippen molar-refractivity contribution in [2.24, 2.45) is 0 Å². The van der Waals surface area contributed by atoms with Crippen LogP contribution < -0.4 is 0 Å². The predicted octanol–water partition coefficient (Wildman–Crippen LogP) is 3.85. The second-order valence-electron chi connectivity index (χ2n) is 7.45. The maximum absolute atomic E-state index is 13.0. The third-order valence-electron chi connectivity index (χ3n) is 5.48. The summed E-state index contributed by atoms with van der Waals surface area (Å²) in [7, 11) is 0. The Morgan fingerprint density at radius 1 is 1.23 bits per heavy atom. The number of aliphatic hydroxyl groups is 1. The Morgan fingerprint density at radius 3 is 2.61 bits per heavy atom. The number of hydrogen-bond donors (Lipinski definition) is 1. The van der Waals surface area contributed by atoms with Crippen LogP contribution in [0.25, 0.3) is 5.76 Å². The molecule has 2 heterocycles. The summed E-state index contributed by atoms with van der Waals surface area (Å²) in [6, 6.07) is 10.9. The van der Waals surface area contributed by atoms with E-state index in [1.807, 2.05) is 0 Å². The zero-order valence-corrected chi connectivity index (χ0v) is 17.1. The van der Waals surface area contributed by atoms with E-state index in [1.165, 1.54) is 35.2 Å². The van der Waals surface area contributed by atoms with E-state index in [4.69, 9.17) is 16.3 Å². The molecule has 31 heavy (non-hydrogen) atoms. The molecule has 2 atom stereocenters. The Balaban J connectivity index is 1.85. The van der Waals surface area contributed by atoms with Crippen molar-refractivity contribution in [2.75, 3.05) is 13.2 Å². The summed E-state index contributed by atoms with van der Waals surface area (Å²) in [6.45, 7) is 0.718. The van der Waals surface area contributed by atoms with Gasteiger partial charge in [-0.25, -0.2) is 0 Å². The number of carbonyl (C=O) groups is 2. The van der Waals surface area contributed by atoms with Gasteiger partial charge in [-0.15, -0.1) is 0 Å². The van der Waals surface area contributed by atoms with Gasteiger partial charge in [-0.2, -0.15) is 0 Å². The van der Waals surface area contributed by atoms with Crippen LogP contribution in [0, 0.1) is 10.1 Å². The molecule has 9 heteroatoms. The van der Waals surface area contributed by atoms with Gasteiger partial charge in [0.2, 0.25) is 0 Å². The Kier molecular flexibility index (Phi) is 5.75. The van der Waals surface area contributed by atoms with Crippen LogP contribution in [0.5, 0.6) is 0 Å². The maximum atomic E-state index is 13.0. The first-order chi connectivity index (χ1) is 14.9. The minimum atomic E-state index is -0.972. The van der Waals surface area contributed by atoms with Crippen molar-refractivity contribution in [1.82, 2.24) is 4.90 Å². The number of aliphatic hydroxyl groups excluding tert-OH is 1. The maximum Gasteiger partial charge on any atom is 0.295 e. The lowest BCUT2D eigenvalue weighted by atomic mass is 9.95. The molecule has 0 bridgehead atoms. The number of ketones is 1. The molecule has 0 saturated carbocycles. The van der Waals surface area contributed by atoms with Crippen molar-refractivity contribution >= 4 is 34.7 Å². The Hall–Kier alpha value is -3.23. The molecule has 2 aromatic rings. The molecule has 8 nitrogen and oxygen atoms in total. The summed E-state index contributed by atoms with van der Waals surface area (Å²) >= 11 is 5.91. The largest absolute Gasteiger partial charge is 0.507 e. The molecule has 160 valence electrons. The number of amides is 1. The van der Waals surface area contributed by atoms with Gasteiger partial charge in [-0.3, -0.25) is 19.7 Å². The highest BCUT2D eigenvalue weighted by Crippen LogP contribution is 2.40. The molecule has 0 radical (unpaired) electrons. The predicted molar refractivity (Wildman–Crippen MR) is 113 cm³/mol. The van der Waals surface area contributed by atoms with Crippen molar-refractivity contribution in [3.05, 3.63) is 80.4 Å². The first-order valence-corrected chi connectivity index (χ1v) is 10.1. The highest BCUT2D eigenvalue weighted by molar-refractivity contribution is 6.46. The third-order valence-corrected chi connectivity index (χ3v) is 5.73. The number of rotatable bonds is 5. The quantitative estimate of drug-likeness (QED) is 0.247. The summed E-state index contributed by atoms with van der Waals surface area (Å²) in [5.41, 5.74) is 0.384. The van der Waals surface area contributed by atoms with Crippen molar-refractivity contribution in [3.8, 4) is 0 Å². The van der Waals surface area contributed by atoms with E-state index < -0.39 is 22.7 Å². The van der Waals surface area contributed by atoms with Gasteiger partial charge in [-0.05, 0) is 42.7 Å². The number of likely N-dealkylation sites (tertiary alicyclic amines) is 1. The number of nitro groups is 1. The summed E-state index contributed by atoms with van der Waals surface area (Å²) in [5.74, 6) is -1.98. The minimum absolute atomic E-state index is 0.120. The van der Waals surface area contributed by atoms with Crippen LogP contribution in [0.3, 0.4) is 0 Å². The van der Waals surface area contributed by atoms with E-state index >= 15 is 0 Å². The standard InChI is InChI=1S/C22H19ClN2O6/c23-15-8-6-13(7-9-15)20(26)18-19(14-3-1-4-16(11-14)25(29)30)24(22(28)21(18)27)12-17-5-2-10-31-17/h1,3-4,6-9,11,17,19,26H,2,5,10,12H2/b20-18+/t17-,19+/m1/s1. The van der Waals surface area contributed by atoms with Crippen LogP contribution in [0.4, 0.5) is 5.69 Å². The molecule has 0 spiro atoms. The van der Waals surface area contributed by atoms with Gasteiger partial charge in [0.25, 0.3) is 17.4 Å². The number of nitrogens with zero attached hydrogens (tertiary/aromatic N) is 2. The Labute approximate surface area is 182 Å². The lowest BCUT2D eigenvalue weighted by Gasteiger charge is -2.27. The van der Waals surface area contributed by atoms with E-state index in [0.29, 0.717) is 22.8 Å². The molecular formula is C22H19ClN2O6. The lowest BCUT2D eigenvalue weighted by Crippen LogP contribution is -2.36. The highest BCUT2D eigenvalue weighted by Gasteiger charge is 2.47. The van der Waals surface area contributed by atoms with Gasteiger partial charge in [0.15, 0.2) is 0 Å². The van der Waals surface area contributed by atoms with Crippen molar-refractivity contribution in [1.29, 1.82) is 0 Å². The first kappa shape index (κ1) is 21.0. The fourth-order valence-electron chi connectivity index (χ4n) is 3.99. The minimum Gasteiger partial charge on any atom is -0.507 e. The van der Waals surface area contributed by atoms with Gasteiger partial charge in [0.1, 0.15) is 5.76 Å². The van der Waals surface area contributed by atoms with Crippen molar-refractivity contribution < 1.29 is 24.4 Å². The number of halogens is 1. The number of hydrogen-bond acceptors (Lipinski definition) is 6. The van der Waals surface area contributed by atoms with Crippen LogP contribution in [-0.4, -0.2) is 45.9 Å². The van der Waals surface area contributed by atoms with E-state index in [9.17, 15) is 24.8 Å². The summed E-state index contributed by atoms with van der Waals surface area (Å²) in [6.07, 6.45) is 1.35.